The lowest BCUT2D eigenvalue weighted by molar-refractivity contribution is -0.226. The molecular formula is C57H81BN9O9+. The number of ether oxygens (including phenoxy) is 2. The van der Waals surface area contributed by atoms with Gasteiger partial charge in [-0.2, -0.15) is 0 Å². The third kappa shape index (κ3) is 12.5. The highest BCUT2D eigenvalue weighted by Gasteiger charge is 2.81. The molecule has 410 valence electrons. The Morgan fingerprint density at radius 3 is 2.20 bits per heavy atom. The van der Waals surface area contributed by atoms with E-state index in [-0.39, 0.29) is 63.5 Å². The van der Waals surface area contributed by atoms with Crippen molar-refractivity contribution in [2.45, 2.75) is 147 Å². The molecular weight excluding hydrogens is 965 g/mol. The predicted molar refractivity (Wildman–Crippen MR) is 293 cm³/mol. The highest BCUT2D eigenvalue weighted by molar-refractivity contribution is 6.46. The molecule has 6 bridgehead atoms. The first-order chi connectivity index (χ1) is 36.4. The Labute approximate surface area is 448 Å². The van der Waals surface area contributed by atoms with Gasteiger partial charge in [-0.15, -0.1) is 0 Å². The summed E-state index contributed by atoms with van der Waals surface area (Å²) in [5.41, 5.74) is 19.5. The number of carbonyl (C=O) groups is 5. The number of amides is 5. The number of hydrogen-bond acceptors (Lipinski definition) is 12. The minimum atomic E-state index is -1.36. The van der Waals surface area contributed by atoms with Gasteiger partial charge < -0.3 is 62.2 Å². The van der Waals surface area contributed by atoms with Crippen LogP contribution in [-0.4, -0.2) is 117 Å². The summed E-state index contributed by atoms with van der Waals surface area (Å²) in [6.45, 7) is 17.1. The van der Waals surface area contributed by atoms with Crippen LogP contribution in [0.1, 0.15) is 132 Å². The number of benzene rings is 3. The van der Waals surface area contributed by atoms with Crippen LogP contribution in [-0.2, 0) is 41.3 Å². The van der Waals surface area contributed by atoms with Gasteiger partial charge in [0.15, 0.2) is 5.60 Å². The van der Waals surface area contributed by atoms with Crippen LogP contribution < -0.4 is 47.9 Å². The lowest BCUT2D eigenvalue weighted by Crippen LogP contribution is -2.69. The molecule has 2 heterocycles. The van der Waals surface area contributed by atoms with Crippen LogP contribution in [0.4, 0.5) is 0 Å². The number of hydrogen-bond donors (Lipinski definition) is 7. The van der Waals surface area contributed by atoms with Crippen molar-refractivity contribution in [3.63, 3.8) is 0 Å². The second-order valence-corrected chi connectivity index (χ2v) is 21.8. The molecule has 19 heteroatoms. The first-order valence-corrected chi connectivity index (χ1v) is 27.4. The maximum Gasteiger partial charge on any atom is 0.484 e. The van der Waals surface area contributed by atoms with E-state index in [0.29, 0.717) is 58.1 Å². The second kappa shape index (κ2) is 25.4. The van der Waals surface area contributed by atoms with Gasteiger partial charge in [0.1, 0.15) is 48.9 Å². The van der Waals surface area contributed by atoms with Crippen molar-refractivity contribution in [1.82, 2.24) is 26.2 Å². The van der Waals surface area contributed by atoms with Crippen LogP contribution in [0.15, 0.2) is 60.7 Å². The van der Waals surface area contributed by atoms with E-state index in [9.17, 15) is 24.0 Å². The number of carbonyl (C=O) groups excluding carboxylic acids is 5. The van der Waals surface area contributed by atoms with E-state index in [1.54, 1.807) is 42.5 Å². The fraction of sp³-hybridized carbons (Fsp3) is 0.579. The van der Waals surface area contributed by atoms with Gasteiger partial charge in [-0.1, -0.05) is 77.1 Å². The monoisotopic (exact) mass is 1050 g/mol. The van der Waals surface area contributed by atoms with Crippen molar-refractivity contribution in [3.8, 4) is 29.2 Å². The zero-order chi connectivity index (χ0) is 54.8. The van der Waals surface area contributed by atoms with Crippen LogP contribution in [0.5, 0.6) is 11.5 Å². The standard InChI is InChI=1S/C57H80BN9O9/c1-8-9-10-11-12-13-15-37-17-20-39(21-18-37)51(69)65-44(16-14-25-59)54(72)67(7)49-40-22-24-47(74-29-27-61)43(32-40)42-30-38(19-23-46(42)73-28-26-60)31-45(66-50(68)36(2)64-53(49)71)52(70)63-35-58-75-56(5)48-33-41(55(48,3)4)34-57(56,62-6)76-58/h6,17-24,30,32,36,41,44-45,48-49H,8-16,25-29,31,33-35,59-61H2,1-5,7H3,(H3-,63,64,65,66,68,69,70,71)/p+1/t36-,41-,44-,45-,48-,49-,56-,57+/m0/s1. The highest BCUT2D eigenvalue weighted by atomic mass is 16.7. The van der Waals surface area contributed by atoms with Gasteiger partial charge in [0.25, 0.3) is 12.5 Å². The molecule has 5 amide bonds. The minimum absolute atomic E-state index is 0.00433. The number of fused-ring (bicyclic) bond motifs is 5. The molecule has 2 aliphatic heterocycles. The van der Waals surface area contributed by atoms with E-state index in [4.69, 9.17) is 42.6 Å². The molecule has 10 N–H and O–H groups in total. The van der Waals surface area contributed by atoms with Gasteiger partial charge in [-0.3, -0.25) is 24.0 Å². The van der Waals surface area contributed by atoms with E-state index in [0.717, 1.165) is 31.2 Å². The first kappa shape index (κ1) is 57.7. The second-order valence-electron chi connectivity index (χ2n) is 21.8. The molecule has 0 radical (unpaired) electrons. The van der Waals surface area contributed by atoms with Gasteiger partial charge in [-0.25, -0.2) is 0 Å². The third-order valence-corrected chi connectivity index (χ3v) is 16.3. The number of nitrogens with one attached hydrogen (secondary N) is 4. The van der Waals surface area contributed by atoms with E-state index in [2.05, 4.69) is 46.9 Å². The van der Waals surface area contributed by atoms with Gasteiger partial charge in [0.05, 0.1) is 12.9 Å². The highest BCUT2D eigenvalue weighted by Crippen LogP contribution is 2.69. The van der Waals surface area contributed by atoms with Crippen molar-refractivity contribution < 1.29 is 42.8 Å². The van der Waals surface area contributed by atoms with Gasteiger partial charge in [0, 0.05) is 49.2 Å². The van der Waals surface area contributed by atoms with Crippen molar-refractivity contribution in [1.29, 1.82) is 0 Å². The van der Waals surface area contributed by atoms with Crippen molar-refractivity contribution in [2.24, 2.45) is 34.5 Å². The van der Waals surface area contributed by atoms with Crippen LogP contribution in [0.2, 0.25) is 0 Å². The average molecular weight is 1050 g/mol. The Kier molecular flexibility index (Phi) is 19.3. The summed E-state index contributed by atoms with van der Waals surface area (Å²) >= 11 is 0. The molecule has 8 atom stereocenters. The predicted octanol–water partition coefficient (Wildman–Crippen LogP) is 5.19. The van der Waals surface area contributed by atoms with Gasteiger partial charge in [-0.05, 0) is 122 Å². The largest absolute Gasteiger partial charge is 0.492 e. The maximum atomic E-state index is 14.9. The average Bonchev–Trinajstić information content (AvgIpc) is 3.92. The quantitative estimate of drug-likeness (QED) is 0.0479. The summed E-state index contributed by atoms with van der Waals surface area (Å²) in [7, 11) is 0.606. The lowest BCUT2D eigenvalue weighted by Gasteiger charge is -2.63. The summed E-state index contributed by atoms with van der Waals surface area (Å²) in [6.07, 6.45) is 10.1. The van der Waals surface area contributed by atoms with Crippen molar-refractivity contribution in [3.05, 3.63) is 87.8 Å². The van der Waals surface area contributed by atoms with E-state index in [1.807, 2.05) is 25.1 Å². The lowest BCUT2D eigenvalue weighted by atomic mass is 9.42. The molecule has 3 saturated carbocycles. The molecule has 4 fully saturated rings. The number of rotatable bonds is 23. The molecule has 0 aromatic heterocycles. The normalized spacial score (nSPS) is 24.8. The van der Waals surface area contributed by atoms with Crippen molar-refractivity contribution >= 4 is 36.7 Å². The summed E-state index contributed by atoms with van der Waals surface area (Å²) in [5, 5.41) is 11.6. The number of nitrogens with two attached hydrogens (primary N) is 3. The molecule has 1 saturated heterocycles. The molecule has 0 spiro atoms. The Bertz CT molecular complexity index is 2600. The van der Waals surface area contributed by atoms with Crippen molar-refractivity contribution in [2.75, 3.05) is 46.3 Å². The summed E-state index contributed by atoms with van der Waals surface area (Å²) in [4.78, 5) is 77.9. The minimum Gasteiger partial charge on any atom is -0.492 e. The molecule has 3 aromatic carbocycles. The van der Waals surface area contributed by atoms with Crippen LogP contribution in [0.3, 0.4) is 0 Å². The molecule has 3 aliphatic carbocycles. The first-order valence-electron chi connectivity index (χ1n) is 27.4. The SMILES string of the molecule is C#[N+][C@@]12C[C@@H]3C[C@@H](C3(C)C)[C@]1(C)OB(CNC(=O)[C@@H]1Cc3ccc(OCCN)c(c3)-c3cc(ccc3OCCN)[C@H](N(C)C(=O)[C@H](CCCN)NC(=O)c3ccc(CCCCCCCC)cc3)C(=O)N[C@@H](C)C(=O)N1)O2. The molecule has 76 heavy (non-hydrogen) atoms. The number of likely N-dealkylation sites (N-methyl/N-ethyl adjacent to an activating group) is 1. The zero-order valence-corrected chi connectivity index (χ0v) is 45.4. The smallest absolute Gasteiger partial charge is 0.484 e. The summed E-state index contributed by atoms with van der Waals surface area (Å²) in [6, 6.07) is 13.1. The Morgan fingerprint density at radius 2 is 1.54 bits per heavy atom. The van der Waals surface area contributed by atoms with E-state index >= 15 is 0 Å². The Hall–Kier alpha value is -6.04. The van der Waals surface area contributed by atoms with Gasteiger partial charge >= 0.3 is 12.8 Å². The van der Waals surface area contributed by atoms with E-state index in [1.165, 1.54) is 44.6 Å². The molecule has 0 unspecified atom stereocenters. The van der Waals surface area contributed by atoms with Crippen LogP contribution in [0.25, 0.3) is 16.0 Å². The summed E-state index contributed by atoms with van der Waals surface area (Å²) in [5.74, 6) is -1.60. The third-order valence-electron chi connectivity index (χ3n) is 16.3. The topological polar surface area (TPSA) is 256 Å². The van der Waals surface area contributed by atoms with E-state index < -0.39 is 72.1 Å². The van der Waals surface area contributed by atoms with Crippen LogP contribution >= 0.6 is 0 Å². The Morgan fingerprint density at radius 1 is 0.868 bits per heavy atom. The number of unbranched alkanes of at least 4 members (excludes halogenated alkanes) is 5. The summed E-state index contributed by atoms with van der Waals surface area (Å²) < 4.78 is 25.5. The van der Waals surface area contributed by atoms with Gasteiger partial charge in [0.2, 0.25) is 23.6 Å². The zero-order valence-electron chi connectivity index (χ0n) is 45.4. The Balaban J connectivity index is 1.18. The fourth-order valence-corrected chi connectivity index (χ4v) is 11.8. The molecule has 3 aromatic rings. The molecule has 18 nitrogen and oxygen atoms in total. The number of aryl methyl sites for hydroxylation is 1. The number of nitrogens with zero attached hydrogens (tertiary/aromatic N) is 2. The fourth-order valence-electron chi connectivity index (χ4n) is 11.8. The van der Waals surface area contributed by atoms with Crippen LogP contribution in [0, 0.1) is 23.8 Å². The molecule has 5 aliphatic rings. The maximum absolute atomic E-state index is 14.9. The molecule has 8 rings (SSSR count).